The van der Waals surface area contributed by atoms with E-state index < -0.39 is 11.9 Å². The summed E-state index contributed by atoms with van der Waals surface area (Å²) in [5, 5.41) is 9.25. The van der Waals surface area contributed by atoms with Gasteiger partial charge in [-0.15, -0.1) is 0 Å². The van der Waals surface area contributed by atoms with Crippen molar-refractivity contribution in [3.8, 4) is 0 Å². The number of nitrogens with zero attached hydrogens (tertiary/aromatic N) is 1. The van der Waals surface area contributed by atoms with E-state index in [1.54, 1.807) is 44.2 Å². The highest BCUT2D eigenvalue weighted by Gasteiger charge is 2.18. The van der Waals surface area contributed by atoms with E-state index in [0.29, 0.717) is 16.3 Å². The molecule has 0 radical (unpaired) electrons. The van der Waals surface area contributed by atoms with Crippen molar-refractivity contribution >= 4 is 35.0 Å². The Balaban J connectivity index is 1.77. The number of carbonyl (C=O) groups is 3. The molecule has 2 amide bonds. The van der Waals surface area contributed by atoms with Crippen molar-refractivity contribution in [2.75, 3.05) is 5.32 Å². The van der Waals surface area contributed by atoms with Crippen LogP contribution in [0.4, 0.5) is 5.82 Å². The normalized spacial score (nSPS) is 11.6. The predicted molar refractivity (Wildman–Crippen MR) is 92.5 cm³/mol. The second kappa shape index (κ2) is 8.43. The molecule has 25 heavy (non-hydrogen) atoms. The van der Waals surface area contributed by atoms with E-state index in [1.807, 2.05) is 0 Å². The molecule has 0 saturated carbocycles. The highest BCUT2D eigenvalue weighted by atomic mass is 35.5. The first-order valence-electron chi connectivity index (χ1n) is 7.67. The summed E-state index contributed by atoms with van der Waals surface area (Å²) in [5.41, 5.74) is 0.490. The lowest BCUT2D eigenvalue weighted by molar-refractivity contribution is -0.126. The van der Waals surface area contributed by atoms with Crippen LogP contribution in [0.3, 0.4) is 0 Å². The maximum atomic E-state index is 12.0. The van der Waals surface area contributed by atoms with Crippen LogP contribution in [0.2, 0.25) is 5.02 Å². The predicted octanol–water partition coefficient (Wildman–Crippen LogP) is 2.74. The number of aromatic nitrogens is 1. The maximum absolute atomic E-state index is 12.0. The van der Waals surface area contributed by atoms with Gasteiger partial charge in [-0.2, -0.15) is 0 Å². The first-order valence-corrected chi connectivity index (χ1v) is 8.05. The Kier molecular flexibility index (Phi) is 6.30. The number of ketones is 1. The number of nitrogens with one attached hydrogen (secondary N) is 2. The molecule has 0 unspecified atom stereocenters. The van der Waals surface area contributed by atoms with Gasteiger partial charge in [0.15, 0.2) is 11.6 Å². The molecule has 0 fully saturated rings. The second-order valence-corrected chi connectivity index (χ2v) is 5.97. The number of carbonyl (C=O) groups excluding carboxylic acids is 3. The summed E-state index contributed by atoms with van der Waals surface area (Å²) < 4.78 is 4.84. The van der Waals surface area contributed by atoms with Crippen molar-refractivity contribution in [1.82, 2.24) is 10.5 Å². The van der Waals surface area contributed by atoms with Crippen molar-refractivity contribution in [3.63, 3.8) is 0 Å². The van der Waals surface area contributed by atoms with Crippen molar-refractivity contribution in [2.45, 2.75) is 32.7 Å². The third kappa shape index (κ3) is 5.72. The Labute approximate surface area is 149 Å². The van der Waals surface area contributed by atoms with Gasteiger partial charge in [-0.1, -0.05) is 16.8 Å². The van der Waals surface area contributed by atoms with Gasteiger partial charge in [0.25, 0.3) is 0 Å². The first-order chi connectivity index (χ1) is 11.8. The van der Waals surface area contributed by atoms with Crippen molar-refractivity contribution < 1.29 is 18.9 Å². The van der Waals surface area contributed by atoms with E-state index in [0.717, 1.165) is 0 Å². The zero-order chi connectivity index (χ0) is 18.4. The lowest BCUT2D eigenvalue weighted by Crippen LogP contribution is -2.41. The number of rotatable bonds is 7. The molecule has 1 atom stereocenters. The van der Waals surface area contributed by atoms with Gasteiger partial charge in [0.1, 0.15) is 11.8 Å². The molecule has 2 rings (SSSR count). The number of halogens is 1. The third-order valence-corrected chi connectivity index (χ3v) is 3.65. The van der Waals surface area contributed by atoms with Gasteiger partial charge in [-0.05, 0) is 38.1 Å². The Hall–Kier alpha value is -2.67. The third-order valence-electron chi connectivity index (χ3n) is 3.40. The highest BCUT2D eigenvalue weighted by Crippen LogP contribution is 2.12. The standard InChI is InChI=1S/C17H18ClN3O4/c1-10-9-15(21-25-10)20-17(24)11(2)19-16(23)8-7-14(22)12-3-5-13(18)6-4-12/h3-6,9,11H,7-8H2,1-2H3,(H,19,23)(H,20,21,24)/t11-/m0/s1. The number of hydrogen-bond acceptors (Lipinski definition) is 5. The minimum Gasteiger partial charge on any atom is -0.360 e. The molecule has 0 aliphatic carbocycles. The van der Waals surface area contributed by atoms with Gasteiger partial charge in [-0.3, -0.25) is 14.4 Å². The minimum atomic E-state index is -0.768. The molecule has 0 aliphatic heterocycles. The van der Waals surface area contributed by atoms with E-state index >= 15 is 0 Å². The zero-order valence-electron chi connectivity index (χ0n) is 13.8. The Bertz CT molecular complexity index is 770. The van der Waals surface area contributed by atoms with Gasteiger partial charge in [0.2, 0.25) is 11.8 Å². The van der Waals surface area contributed by atoms with E-state index in [-0.39, 0.29) is 30.3 Å². The van der Waals surface area contributed by atoms with Crippen LogP contribution in [0.25, 0.3) is 0 Å². The molecule has 0 saturated heterocycles. The van der Waals surface area contributed by atoms with Crippen LogP contribution in [-0.2, 0) is 9.59 Å². The molecular formula is C17H18ClN3O4. The van der Waals surface area contributed by atoms with Gasteiger partial charge in [-0.25, -0.2) is 0 Å². The minimum absolute atomic E-state index is 0.0118. The zero-order valence-corrected chi connectivity index (χ0v) is 14.6. The van der Waals surface area contributed by atoms with Crippen LogP contribution >= 0.6 is 11.6 Å². The van der Waals surface area contributed by atoms with Crippen LogP contribution in [0, 0.1) is 6.92 Å². The number of benzene rings is 1. The number of hydrogen-bond donors (Lipinski definition) is 2. The van der Waals surface area contributed by atoms with Crippen LogP contribution in [0.5, 0.6) is 0 Å². The van der Waals surface area contributed by atoms with Crippen LogP contribution < -0.4 is 10.6 Å². The van der Waals surface area contributed by atoms with Crippen molar-refractivity contribution in [2.24, 2.45) is 0 Å². The molecule has 8 heteroatoms. The molecule has 1 heterocycles. The quantitative estimate of drug-likeness (QED) is 0.736. The van der Waals surface area contributed by atoms with Crippen LogP contribution in [0.1, 0.15) is 35.9 Å². The summed E-state index contributed by atoms with van der Waals surface area (Å²) in [6.07, 6.45) is 0.0342. The van der Waals surface area contributed by atoms with Gasteiger partial charge < -0.3 is 15.2 Å². The summed E-state index contributed by atoms with van der Waals surface area (Å²) in [7, 11) is 0. The Morgan fingerprint density at radius 3 is 2.48 bits per heavy atom. The molecular weight excluding hydrogens is 346 g/mol. The topological polar surface area (TPSA) is 101 Å². The fourth-order valence-electron chi connectivity index (χ4n) is 2.05. The maximum Gasteiger partial charge on any atom is 0.247 e. The smallest absolute Gasteiger partial charge is 0.247 e. The number of Topliss-reactive ketones (excluding diaryl/α,β-unsaturated/α-hetero) is 1. The molecule has 0 spiro atoms. The van der Waals surface area contributed by atoms with E-state index in [1.165, 1.54) is 0 Å². The van der Waals surface area contributed by atoms with Crippen LogP contribution in [0.15, 0.2) is 34.9 Å². The molecule has 0 aliphatic rings. The SMILES string of the molecule is Cc1cc(NC(=O)[C@H](C)NC(=O)CCC(=O)c2ccc(Cl)cc2)no1. The summed E-state index contributed by atoms with van der Waals surface area (Å²) in [6.45, 7) is 3.24. The summed E-state index contributed by atoms with van der Waals surface area (Å²) in [5.74, 6) is -0.136. The fourth-order valence-corrected chi connectivity index (χ4v) is 2.17. The second-order valence-electron chi connectivity index (χ2n) is 5.53. The largest absolute Gasteiger partial charge is 0.360 e. The highest BCUT2D eigenvalue weighted by molar-refractivity contribution is 6.30. The van der Waals surface area contributed by atoms with E-state index in [9.17, 15) is 14.4 Å². The van der Waals surface area contributed by atoms with Gasteiger partial charge >= 0.3 is 0 Å². The fraction of sp³-hybridized carbons (Fsp3) is 0.294. The van der Waals surface area contributed by atoms with Crippen LogP contribution in [-0.4, -0.2) is 28.8 Å². The molecule has 132 valence electrons. The lowest BCUT2D eigenvalue weighted by Gasteiger charge is -2.12. The van der Waals surface area contributed by atoms with Gasteiger partial charge in [0.05, 0.1) is 0 Å². The van der Waals surface area contributed by atoms with Gasteiger partial charge in [0, 0.05) is 29.5 Å². The molecule has 7 nitrogen and oxygen atoms in total. The van der Waals surface area contributed by atoms with Crippen molar-refractivity contribution in [3.05, 3.63) is 46.7 Å². The molecule has 2 aromatic rings. The van der Waals surface area contributed by atoms with E-state index in [4.69, 9.17) is 16.1 Å². The number of anilines is 1. The summed E-state index contributed by atoms with van der Waals surface area (Å²) in [4.78, 5) is 35.9. The summed E-state index contributed by atoms with van der Waals surface area (Å²) in [6, 6.07) is 7.25. The number of aryl methyl sites for hydroxylation is 1. The average molecular weight is 364 g/mol. The molecule has 1 aromatic carbocycles. The molecule has 1 aromatic heterocycles. The lowest BCUT2D eigenvalue weighted by atomic mass is 10.1. The van der Waals surface area contributed by atoms with Crippen molar-refractivity contribution in [1.29, 1.82) is 0 Å². The van der Waals surface area contributed by atoms with E-state index in [2.05, 4.69) is 15.8 Å². The molecule has 2 N–H and O–H groups in total. The summed E-state index contributed by atoms with van der Waals surface area (Å²) >= 11 is 5.77. The first kappa shape index (κ1) is 18.7. The molecule has 0 bridgehead atoms. The average Bonchev–Trinajstić information content (AvgIpc) is 2.98. The number of amides is 2. The Morgan fingerprint density at radius 1 is 1.20 bits per heavy atom. The monoisotopic (exact) mass is 363 g/mol. The Morgan fingerprint density at radius 2 is 1.88 bits per heavy atom.